The highest BCUT2D eigenvalue weighted by Crippen LogP contribution is 2.34. The molecule has 1 N–H and O–H groups in total. The van der Waals surface area contributed by atoms with E-state index in [0.717, 1.165) is 37.8 Å². The summed E-state index contributed by atoms with van der Waals surface area (Å²) in [5, 5.41) is 5.08. The molecule has 0 unspecified atom stereocenters. The number of aromatic nitrogens is 1. The van der Waals surface area contributed by atoms with E-state index in [2.05, 4.69) is 50.7 Å². The zero-order chi connectivity index (χ0) is 27.9. The Morgan fingerprint density at radius 1 is 0.875 bits per heavy atom. The number of hydrogen-bond donors (Lipinski definition) is 1. The maximum atomic E-state index is 12.3. The molecule has 0 spiro atoms. The van der Waals surface area contributed by atoms with Crippen LogP contribution in [-0.2, 0) is 4.79 Å². The van der Waals surface area contributed by atoms with Crippen LogP contribution < -0.4 is 19.6 Å². The highest BCUT2D eigenvalue weighted by Gasteiger charge is 2.11. The van der Waals surface area contributed by atoms with Crippen molar-refractivity contribution < 1.29 is 19.0 Å². The van der Waals surface area contributed by atoms with Crippen molar-refractivity contribution in [2.45, 2.75) is 0 Å². The number of halogens is 1. The SMILES string of the molecule is COc1ccc(OC)c(/C=N/NC(=O)COc2ccc(-c3cc(-c4ccccc4)c4cc(Br)ccc4n3)cc2)c1. The highest BCUT2D eigenvalue weighted by atomic mass is 79.9. The molecule has 0 aliphatic carbocycles. The molecule has 7 nitrogen and oxygen atoms in total. The summed E-state index contributed by atoms with van der Waals surface area (Å²) in [7, 11) is 3.14. The number of amides is 1. The van der Waals surface area contributed by atoms with Crippen LogP contribution in [0.2, 0.25) is 0 Å². The Labute approximate surface area is 240 Å². The van der Waals surface area contributed by atoms with Gasteiger partial charge in [0.1, 0.15) is 17.2 Å². The Morgan fingerprint density at radius 2 is 1.65 bits per heavy atom. The fourth-order valence-corrected chi connectivity index (χ4v) is 4.58. The van der Waals surface area contributed by atoms with Crippen LogP contribution in [0.15, 0.2) is 107 Å². The number of benzene rings is 4. The number of carbonyl (C=O) groups is 1. The Bertz CT molecular complexity index is 1670. The minimum atomic E-state index is -0.392. The van der Waals surface area contributed by atoms with E-state index in [0.29, 0.717) is 22.8 Å². The number of hydrogen-bond acceptors (Lipinski definition) is 6. The van der Waals surface area contributed by atoms with Crippen LogP contribution in [0.4, 0.5) is 0 Å². The molecule has 1 aromatic heterocycles. The zero-order valence-electron chi connectivity index (χ0n) is 21.9. The van der Waals surface area contributed by atoms with Gasteiger partial charge in [0.2, 0.25) is 0 Å². The molecule has 40 heavy (non-hydrogen) atoms. The number of nitrogens with zero attached hydrogens (tertiary/aromatic N) is 2. The normalized spacial score (nSPS) is 11.0. The molecule has 8 heteroatoms. The van der Waals surface area contributed by atoms with Crippen molar-refractivity contribution >= 4 is 39.0 Å². The largest absolute Gasteiger partial charge is 0.497 e. The predicted molar refractivity (Wildman–Crippen MR) is 161 cm³/mol. The summed E-state index contributed by atoms with van der Waals surface area (Å²) in [5.41, 5.74) is 8.05. The van der Waals surface area contributed by atoms with Crippen molar-refractivity contribution in [1.82, 2.24) is 10.4 Å². The lowest BCUT2D eigenvalue weighted by Gasteiger charge is -2.11. The Balaban J connectivity index is 1.27. The average Bonchev–Trinajstić information content (AvgIpc) is 3.00. The molecular formula is C32H26BrN3O4. The second-order valence-corrected chi connectivity index (χ2v) is 9.71. The van der Waals surface area contributed by atoms with Crippen LogP contribution in [0, 0.1) is 0 Å². The third-order valence-corrected chi connectivity index (χ3v) is 6.70. The summed E-state index contributed by atoms with van der Waals surface area (Å²) in [6.45, 7) is -0.187. The third-order valence-electron chi connectivity index (χ3n) is 6.21. The first-order chi connectivity index (χ1) is 19.5. The number of pyridine rings is 1. The first kappa shape index (κ1) is 26.9. The lowest BCUT2D eigenvalue weighted by Crippen LogP contribution is -2.24. The molecule has 4 aromatic carbocycles. The van der Waals surface area contributed by atoms with Crippen LogP contribution in [0.25, 0.3) is 33.3 Å². The van der Waals surface area contributed by atoms with Gasteiger partial charge in [-0.15, -0.1) is 0 Å². The van der Waals surface area contributed by atoms with Crippen LogP contribution in [0.3, 0.4) is 0 Å². The van der Waals surface area contributed by atoms with Crippen LogP contribution in [-0.4, -0.2) is 37.9 Å². The molecule has 0 saturated carbocycles. The molecule has 5 rings (SSSR count). The van der Waals surface area contributed by atoms with E-state index >= 15 is 0 Å². The smallest absolute Gasteiger partial charge is 0.277 e. The molecule has 0 radical (unpaired) electrons. The molecule has 1 amide bonds. The fourth-order valence-electron chi connectivity index (χ4n) is 4.22. The number of fused-ring (bicyclic) bond motifs is 1. The van der Waals surface area contributed by atoms with Crippen molar-refractivity contribution in [2.24, 2.45) is 5.10 Å². The van der Waals surface area contributed by atoms with Gasteiger partial charge in [-0.1, -0.05) is 46.3 Å². The average molecular weight is 596 g/mol. The van der Waals surface area contributed by atoms with Gasteiger partial charge < -0.3 is 14.2 Å². The van der Waals surface area contributed by atoms with E-state index in [4.69, 9.17) is 19.2 Å². The topological polar surface area (TPSA) is 82.0 Å². The van der Waals surface area contributed by atoms with Crippen molar-refractivity contribution in [3.05, 3.63) is 107 Å². The van der Waals surface area contributed by atoms with Crippen molar-refractivity contribution in [2.75, 3.05) is 20.8 Å². The van der Waals surface area contributed by atoms with Crippen LogP contribution >= 0.6 is 15.9 Å². The summed E-state index contributed by atoms with van der Waals surface area (Å²) in [6.07, 6.45) is 1.49. The monoisotopic (exact) mass is 595 g/mol. The Hall–Kier alpha value is -4.69. The van der Waals surface area contributed by atoms with Gasteiger partial charge in [0.15, 0.2) is 6.61 Å². The van der Waals surface area contributed by atoms with Gasteiger partial charge >= 0.3 is 0 Å². The van der Waals surface area contributed by atoms with E-state index < -0.39 is 5.91 Å². The van der Waals surface area contributed by atoms with Crippen LogP contribution in [0.5, 0.6) is 17.2 Å². The van der Waals surface area contributed by atoms with Gasteiger partial charge in [0.05, 0.1) is 31.6 Å². The predicted octanol–water partition coefficient (Wildman–Crippen LogP) is 6.88. The lowest BCUT2D eigenvalue weighted by atomic mass is 9.98. The van der Waals surface area contributed by atoms with Crippen molar-refractivity contribution in [3.8, 4) is 39.6 Å². The van der Waals surface area contributed by atoms with E-state index in [1.807, 2.05) is 54.6 Å². The maximum Gasteiger partial charge on any atom is 0.277 e. The van der Waals surface area contributed by atoms with Gasteiger partial charge in [0.25, 0.3) is 5.91 Å². The quantitative estimate of drug-likeness (QED) is 0.148. The number of nitrogens with one attached hydrogen (secondary N) is 1. The molecule has 1 heterocycles. The molecule has 0 saturated heterocycles. The van der Waals surface area contributed by atoms with Crippen molar-refractivity contribution in [3.63, 3.8) is 0 Å². The van der Waals surface area contributed by atoms with E-state index in [1.165, 1.54) is 6.21 Å². The minimum absolute atomic E-state index is 0.187. The minimum Gasteiger partial charge on any atom is -0.497 e. The first-order valence-corrected chi connectivity index (χ1v) is 13.3. The lowest BCUT2D eigenvalue weighted by molar-refractivity contribution is -0.123. The highest BCUT2D eigenvalue weighted by molar-refractivity contribution is 9.10. The summed E-state index contributed by atoms with van der Waals surface area (Å²) < 4.78 is 17.2. The van der Waals surface area contributed by atoms with Crippen molar-refractivity contribution in [1.29, 1.82) is 0 Å². The molecular weight excluding hydrogens is 570 g/mol. The van der Waals surface area contributed by atoms with E-state index in [9.17, 15) is 4.79 Å². The summed E-state index contributed by atoms with van der Waals surface area (Å²) in [5.74, 6) is 1.44. The van der Waals surface area contributed by atoms with Gasteiger partial charge in [-0.25, -0.2) is 10.4 Å². The summed E-state index contributed by atoms with van der Waals surface area (Å²) >= 11 is 3.58. The molecule has 5 aromatic rings. The first-order valence-electron chi connectivity index (χ1n) is 12.5. The zero-order valence-corrected chi connectivity index (χ0v) is 23.5. The molecule has 0 aliphatic heterocycles. The number of carbonyl (C=O) groups excluding carboxylic acids is 1. The standard InChI is InChI=1S/C32H26BrN3O4/c1-38-26-13-15-31(39-2)23(16-26)19-34-36-32(37)20-40-25-11-8-22(9-12-25)30-18-27(21-6-4-3-5-7-21)28-17-24(33)10-14-29(28)35-30/h3-19H,20H2,1-2H3,(H,36,37)/b34-19+. The van der Waals surface area contributed by atoms with Gasteiger partial charge in [-0.05, 0) is 77.9 Å². The van der Waals surface area contributed by atoms with E-state index in [1.54, 1.807) is 32.4 Å². The molecule has 0 bridgehead atoms. The second-order valence-electron chi connectivity index (χ2n) is 8.80. The molecule has 0 fully saturated rings. The summed E-state index contributed by atoms with van der Waals surface area (Å²) in [6, 6.07) is 31.3. The second kappa shape index (κ2) is 12.4. The number of rotatable bonds is 9. The number of methoxy groups -OCH3 is 2. The Kier molecular flexibility index (Phi) is 8.37. The molecule has 0 aliphatic rings. The molecule has 200 valence electrons. The van der Waals surface area contributed by atoms with Crippen LogP contribution in [0.1, 0.15) is 5.56 Å². The maximum absolute atomic E-state index is 12.3. The van der Waals surface area contributed by atoms with Gasteiger partial charge in [0, 0.05) is 21.0 Å². The van der Waals surface area contributed by atoms with Gasteiger partial charge in [-0.2, -0.15) is 5.10 Å². The third kappa shape index (κ3) is 6.30. The summed E-state index contributed by atoms with van der Waals surface area (Å²) in [4.78, 5) is 17.2. The Morgan fingerprint density at radius 3 is 2.40 bits per heavy atom. The number of hydrazone groups is 1. The van der Waals surface area contributed by atoms with Gasteiger partial charge in [-0.3, -0.25) is 4.79 Å². The fraction of sp³-hybridized carbons (Fsp3) is 0.0938. The van der Waals surface area contributed by atoms with E-state index in [-0.39, 0.29) is 6.61 Å². The number of ether oxygens (including phenoxy) is 3. The molecule has 0 atom stereocenters.